The molecule has 0 spiro atoms. The summed E-state index contributed by atoms with van der Waals surface area (Å²) in [7, 11) is 0. The van der Waals surface area contributed by atoms with Crippen LogP contribution in [0.5, 0.6) is 0 Å². The maximum Gasteiger partial charge on any atom is 0.317 e. The lowest BCUT2D eigenvalue weighted by Gasteiger charge is -2.37. The average Bonchev–Trinajstić information content (AvgIpc) is 2.67. The highest BCUT2D eigenvalue weighted by molar-refractivity contribution is 5.78. The molecule has 2 rings (SSSR count). The summed E-state index contributed by atoms with van der Waals surface area (Å²) in [5.74, 6) is -0.177. The summed E-state index contributed by atoms with van der Waals surface area (Å²) in [6, 6.07) is 8.91. The fraction of sp³-hybridized carbons (Fsp3) is 0.636. The minimum atomic E-state index is -0.775. The SMILES string of the molecule is CCN(CC(=O)O)C1CCN(CC(=O)NCCc2ccc(C(C)C)cc2)CC1. The van der Waals surface area contributed by atoms with Gasteiger partial charge in [0.1, 0.15) is 0 Å². The molecule has 1 saturated heterocycles. The lowest BCUT2D eigenvalue weighted by Crippen LogP contribution is -2.48. The van der Waals surface area contributed by atoms with Gasteiger partial charge in [-0.1, -0.05) is 45.0 Å². The number of aliphatic carboxylic acids is 1. The second kappa shape index (κ2) is 11.2. The van der Waals surface area contributed by atoms with Gasteiger partial charge in [0.2, 0.25) is 5.91 Å². The van der Waals surface area contributed by atoms with Gasteiger partial charge in [0.05, 0.1) is 13.1 Å². The van der Waals surface area contributed by atoms with Crippen LogP contribution in [0.2, 0.25) is 0 Å². The topological polar surface area (TPSA) is 72.9 Å². The third kappa shape index (κ3) is 7.24. The second-order valence-corrected chi connectivity index (χ2v) is 7.96. The highest BCUT2D eigenvalue weighted by atomic mass is 16.4. The van der Waals surface area contributed by atoms with Gasteiger partial charge in [0.15, 0.2) is 0 Å². The highest BCUT2D eigenvalue weighted by Gasteiger charge is 2.25. The van der Waals surface area contributed by atoms with E-state index in [1.165, 1.54) is 11.1 Å². The molecular formula is C22H35N3O3. The first-order valence-corrected chi connectivity index (χ1v) is 10.4. The number of carboxylic acids is 1. The zero-order chi connectivity index (χ0) is 20.5. The normalized spacial score (nSPS) is 15.9. The Bertz CT molecular complexity index is 622. The maximum absolute atomic E-state index is 12.2. The van der Waals surface area contributed by atoms with Crippen molar-refractivity contribution in [2.24, 2.45) is 0 Å². The number of hydrogen-bond donors (Lipinski definition) is 2. The van der Waals surface area contributed by atoms with E-state index in [-0.39, 0.29) is 12.5 Å². The van der Waals surface area contributed by atoms with Gasteiger partial charge in [-0.15, -0.1) is 0 Å². The number of hydrogen-bond acceptors (Lipinski definition) is 4. The molecule has 0 aliphatic carbocycles. The van der Waals surface area contributed by atoms with E-state index in [2.05, 4.69) is 48.3 Å². The minimum Gasteiger partial charge on any atom is -0.480 e. The zero-order valence-electron chi connectivity index (χ0n) is 17.5. The van der Waals surface area contributed by atoms with Crippen molar-refractivity contribution in [2.45, 2.75) is 52.0 Å². The Balaban J connectivity index is 1.66. The van der Waals surface area contributed by atoms with Crippen molar-refractivity contribution in [2.75, 3.05) is 39.3 Å². The number of amides is 1. The van der Waals surface area contributed by atoms with Gasteiger partial charge in [0.25, 0.3) is 0 Å². The van der Waals surface area contributed by atoms with E-state index in [9.17, 15) is 9.59 Å². The van der Waals surface area contributed by atoms with E-state index < -0.39 is 5.97 Å². The molecular weight excluding hydrogens is 354 g/mol. The Morgan fingerprint density at radius 2 is 1.86 bits per heavy atom. The Morgan fingerprint density at radius 1 is 1.21 bits per heavy atom. The molecule has 1 aromatic rings. The predicted octanol–water partition coefficient (Wildman–Crippen LogP) is 2.34. The van der Waals surface area contributed by atoms with Crippen LogP contribution in [-0.2, 0) is 16.0 Å². The summed E-state index contributed by atoms with van der Waals surface area (Å²) in [6.45, 7) is 9.96. The molecule has 0 unspecified atom stereocenters. The van der Waals surface area contributed by atoms with Gasteiger partial charge in [0, 0.05) is 25.7 Å². The van der Waals surface area contributed by atoms with Gasteiger partial charge >= 0.3 is 5.97 Å². The summed E-state index contributed by atoms with van der Waals surface area (Å²) in [5, 5.41) is 12.0. The molecule has 28 heavy (non-hydrogen) atoms. The summed E-state index contributed by atoms with van der Waals surface area (Å²) in [6.07, 6.45) is 2.67. The van der Waals surface area contributed by atoms with Crippen molar-refractivity contribution in [1.82, 2.24) is 15.1 Å². The Hall–Kier alpha value is -1.92. The molecule has 6 nitrogen and oxygen atoms in total. The molecule has 0 saturated carbocycles. The predicted molar refractivity (Wildman–Crippen MR) is 112 cm³/mol. The van der Waals surface area contributed by atoms with Gasteiger partial charge < -0.3 is 10.4 Å². The molecule has 156 valence electrons. The largest absolute Gasteiger partial charge is 0.480 e. The van der Waals surface area contributed by atoms with Gasteiger partial charge in [-0.05, 0) is 42.9 Å². The lowest BCUT2D eigenvalue weighted by atomic mass is 10.0. The number of piperidine rings is 1. The third-order valence-corrected chi connectivity index (χ3v) is 5.57. The Labute approximate surface area is 168 Å². The number of nitrogens with one attached hydrogen (secondary N) is 1. The lowest BCUT2D eigenvalue weighted by molar-refractivity contribution is -0.139. The number of carbonyl (C=O) groups is 2. The summed E-state index contributed by atoms with van der Waals surface area (Å²) < 4.78 is 0. The van der Waals surface area contributed by atoms with E-state index in [0.29, 0.717) is 25.0 Å². The molecule has 6 heteroatoms. The zero-order valence-corrected chi connectivity index (χ0v) is 17.5. The van der Waals surface area contributed by atoms with E-state index in [0.717, 1.165) is 38.9 Å². The van der Waals surface area contributed by atoms with Crippen LogP contribution in [0.3, 0.4) is 0 Å². The number of carbonyl (C=O) groups excluding carboxylic acids is 1. The summed E-state index contributed by atoms with van der Waals surface area (Å²) >= 11 is 0. The number of nitrogens with zero attached hydrogens (tertiary/aromatic N) is 2. The van der Waals surface area contributed by atoms with Crippen molar-refractivity contribution in [1.29, 1.82) is 0 Å². The Morgan fingerprint density at radius 3 is 2.39 bits per heavy atom. The van der Waals surface area contributed by atoms with E-state index >= 15 is 0 Å². The first kappa shape index (κ1) is 22.4. The van der Waals surface area contributed by atoms with Crippen LogP contribution in [0.25, 0.3) is 0 Å². The number of benzene rings is 1. The quantitative estimate of drug-likeness (QED) is 0.643. The molecule has 1 fully saturated rings. The van der Waals surface area contributed by atoms with Crippen LogP contribution < -0.4 is 5.32 Å². The van der Waals surface area contributed by atoms with Gasteiger partial charge in [-0.25, -0.2) is 0 Å². The molecule has 0 bridgehead atoms. The van der Waals surface area contributed by atoms with Crippen LogP contribution in [0.15, 0.2) is 24.3 Å². The molecule has 2 N–H and O–H groups in total. The standard InChI is InChI=1S/C22H35N3O3/c1-4-25(16-22(27)28)20-10-13-24(14-11-20)15-21(26)23-12-9-18-5-7-19(8-6-18)17(2)3/h5-8,17,20H,4,9-16H2,1-3H3,(H,23,26)(H,27,28). The van der Waals surface area contributed by atoms with Gasteiger partial charge in [-0.3, -0.25) is 19.4 Å². The van der Waals surface area contributed by atoms with Crippen LogP contribution in [0.4, 0.5) is 0 Å². The average molecular weight is 390 g/mol. The first-order valence-electron chi connectivity index (χ1n) is 10.4. The smallest absolute Gasteiger partial charge is 0.317 e. The summed E-state index contributed by atoms with van der Waals surface area (Å²) in [5.41, 5.74) is 2.57. The van der Waals surface area contributed by atoms with E-state index in [1.54, 1.807) is 0 Å². The molecule has 0 atom stereocenters. The van der Waals surface area contributed by atoms with Crippen LogP contribution in [0.1, 0.15) is 50.7 Å². The van der Waals surface area contributed by atoms with E-state index in [1.807, 2.05) is 11.8 Å². The van der Waals surface area contributed by atoms with Crippen LogP contribution >= 0.6 is 0 Å². The minimum absolute atomic E-state index is 0.0649. The monoisotopic (exact) mass is 389 g/mol. The second-order valence-electron chi connectivity index (χ2n) is 7.96. The van der Waals surface area contributed by atoms with Crippen LogP contribution in [-0.4, -0.2) is 72.1 Å². The number of likely N-dealkylation sites (tertiary alicyclic amines) is 1. The fourth-order valence-electron chi connectivity index (χ4n) is 3.79. The molecule has 1 heterocycles. The molecule has 1 aromatic carbocycles. The maximum atomic E-state index is 12.2. The van der Waals surface area contributed by atoms with Crippen LogP contribution in [0, 0.1) is 0 Å². The summed E-state index contributed by atoms with van der Waals surface area (Å²) in [4.78, 5) is 27.4. The van der Waals surface area contributed by atoms with Crippen molar-refractivity contribution in [3.8, 4) is 0 Å². The number of rotatable bonds is 10. The van der Waals surface area contributed by atoms with Crippen molar-refractivity contribution < 1.29 is 14.7 Å². The van der Waals surface area contributed by atoms with Crippen molar-refractivity contribution >= 4 is 11.9 Å². The van der Waals surface area contributed by atoms with Crippen molar-refractivity contribution in [3.05, 3.63) is 35.4 Å². The van der Waals surface area contributed by atoms with Crippen molar-refractivity contribution in [3.63, 3.8) is 0 Å². The molecule has 0 aromatic heterocycles. The fourth-order valence-corrected chi connectivity index (χ4v) is 3.79. The Kier molecular flexibility index (Phi) is 8.93. The first-order chi connectivity index (χ1) is 13.4. The molecule has 0 radical (unpaired) electrons. The molecule has 1 amide bonds. The molecule has 1 aliphatic heterocycles. The van der Waals surface area contributed by atoms with E-state index in [4.69, 9.17) is 5.11 Å². The number of carboxylic acid groups (broad SMARTS) is 1. The highest BCUT2D eigenvalue weighted by Crippen LogP contribution is 2.16. The molecule has 1 aliphatic rings. The van der Waals surface area contributed by atoms with Gasteiger partial charge in [-0.2, -0.15) is 0 Å². The third-order valence-electron chi connectivity index (χ3n) is 5.57. The number of likely N-dealkylation sites (N-methyl/N-ethyl adjacent to an activating group) is 1.